The second-order valence-electron chi connectivity index (χ2n) is 2.69. The molecule has 0 bridgehead atoms. The van der Waals surface area contributed by atoms with Gasteiger partial charge >= 0.3 is 0 Å². The molecule has 1 heterocycles. The van der Waals surface area contributed by atoms with E-state index in [4.69, 9.17) is 11.6 Å². The number of benzene rings is 1. The third-order valence-corrected chi connectivity index (χ3v) is 2.82. The van der Waals surface area contributed by atoms with Gasteiger partial charge in [-0.25, -0.2) is 0 Å². The van der Waals surface area contributed by atoms with Gasteiger partial charge in [0.2, 0.25) is 0 Å². The summed E-state index contributed by atoms with van der Waals surface area (Å²) in [6, 6.07) is 5.19. The fraction of sp³-hybridized carbons (Fsp3) is 0.111. The van der Waals surface area contributed by atoms with Crippen molar-refractivity contribution in [3.8, 4) is 5.75 Å². The molecule has 2 rings (SSSR count). The Morgan fingerprint density at radius 2 is 2.31 bits per heavy atom. The Morgan fingerprint density at radius 3 is 2.92 bits per heavy atom. The van der Waals surface area contributed by atoms with Crippen LogP contribution in [0.5, 0.6) is 5.75 Å². The predicted molar refractivity (Wildman–Crippen MR) is 56.7 cm³/mol. The fourth-order valence-corrected chi connectivity index (χ4v) is 2.02. The summed E-state index contributed by atoms with van der Waals surface area (Å²) < 4.78 is 0. The van der Waals surface area contributed by atoms with Gasteiger partial charge in [0, 0.05) is 5.70 Å². The van der Waals surface area contributed by atoms with E-state index in [-0.39, 0.29) is 5.75 Å². The highest BCUT2D eigenvalue weighted by Gasteiger charge is 2.08. The van der Waals surface area contributed by atoms with Crippen LogP contribution in [0, 0.1) is 0 Å². The molecule has 0 saturated heterocycles. The van der Waals surface area contributed by atoms with Crippen molar-refractivity contribution in [2.24, 2.45) is 0 Å². The quantitative estimate of drug-likeness (QED) is 0.752. The zero-order valence-corrected chi connectivity index (χ0v) is 8.32. The zero-order valence-electron chi connectivity index (χ0n) is 6.75. The van der Waals surface area contributed by atoms with Crippen LogP contribution in [-0.2, 0) is 0 Å². The third-order valence-electron chi connectivity index (χ3n) is 1.81. The van der Waals surface area contributed by atoms with E-state index in [0.29, 0.717) is 5.02 Å². The van der Waals surface area contributed by atoms with Crippen LogP contribution in [0.15, 0.2) is 23.6 Å². The maximum absolute atomic E-state index is 9.21. The van der Waals surface area contributed by atoms with Crippen LogP contribution in [0.4, 0.5) is 0 Å². The second-order valence-corrected chi connectivity index (χ2v) is 3.95. The van der Waals surface area contributed by atoms with E-state index in [0.717, 1.165) is 17.1 Å². The first-order valence-electron chi connectivity index (χ1n) is 3.82. The molecule has 4 heteroatoms. The van der Waals surface area contributed by atoms with Crippen molar-refractivity contribution < 1.29 is 5.11 Å². The van der Waals surface area contributed by atoms with Crippen LogP contribution < -0.4 is 5.32 Å². The number of rotatable bonds is 1. The van der Waals surface area contributed by atoms with Crippen molar-refractivity contribution in [3.63, 3.8) is 0 Å². The SMILES string of the molecule is Oc1ccc(C2=CSCN2)cc1Cl. The highest BCUT2D eigenvalue weighted by Crippen LogP contribution is 2.28. The lowest BCUT2D eigenvalue weighted by Crippen LogP contribution is -2.04. The normalized spacial score (nSPS) is 15.3. The van der Waals surface area contributed by atoms with Crippen molar-refractivity contribution in [1.29, 1.82) is 0 Å². The van der Waals surface area contributed by atoms with Crippen molar-refractivity contribution in [3.05, 3.63) is 34.2 Å². The van der Waals surface area contributed by atoms with Crippen LogP contribution in [0.1, 0.15) is 5.56 Å². The molecule has 0 aliphatic carbocycles. The molecule has 2 N–H and O–H groups in total. The number of phenolic OH excluding ortho intramolecular Hbond substituents is 1. The standard InChI is InChI=1S/C9H8ClNOS/c10-7-3-6(1-2-9(7)12)8-4-13-5-11-8/h1-4,11-12H,5H2. The minimum absolute atomic E-state index is 0.122. The number of nitrogens with one attached hydrogen (secondary N) is 1. The Kier molecular flexibility index (Phi) is 2.38. The van der Waals surface area contributed by atoms with E-state index in [2.05, 4.69) is 5.32 Å². The minimum Gasteiger partial charge on any atom is -0.506 e. The van der Waals surface area contributed by atoms with E-state index < -0.39 is 0 Å². The van der Waals surface area contributed by atoms with Gasteiger partial charge < -0.3 is 10.4 Å². The summed E-state index contributed by atoms with van der Waals surface area (Å²) in [6.07, 6.45) is 0. The van der Waals surface area contributed by atoms with E-state index in [9.17, 15) is 5.11 Å². The first-order chi connectivity index (χ1) is 6.27. The van der Waals surface area contributed by atoms with E-state index in [1.54, 1.807) is 23.9 Å². The molecular formula is C9H8ClNOS. The van der Waals surface area contributed by atoms with Crippen LogP contribution in [0.2, 0.25) is 5.02 Å². The van der Waals surface area contributed by atoms with Crippen LogP contribution in [0.25, 0.3) is 5.70 Å². The monoisotopic (exact) mass is 213 g/mol. The van der Waals surface area contributed by atoms with Gasteiger partial charge in [0.1, 0.15) is 5.75 Å². The van der Waals surface area contributed by atoms with Crippen LogP contribution >= 0.6 is 23.4 Å². The van der Waals surface area contributed by atoms with Gasteiger partial charge in [-0.1, -0.05) is 11.6 Å². The zero-order chi connectivity index (χ0) is 9.26. The lowest BCUT2D eigenvalue weighted by atomic mass is 10.2. The molecule has 1 aliphatic heterocycles. The topological polar surface area (TPSA) is 32.3 Å². The molecule has 0 radical (unpaired) electrons. The van der Waals surface area contributed by atoms with Gasteiger partial charge in [0.15, 0.2) is 0 Å². The molecular weight excluding hydrogens is 206 g/mol. The maximum Gasteiger partial charge on any atom is 0.134 e. The first-order valence-corrected chi connectivity index (χ1v) is 5.24. The largest absolute Gasteiger partial charge is 0.506 e. The molecule has 2 nitrogen and oxygen atoms in total. The summed E-state index contributed by atoms with van der Waals surface area (Å²) in [6.45, 7) is 0. The smallest absolute Gasteiger partial charge is 0.134 e. The second kappa shape index (κ2) is 3.52. The minimum atomic E-state index is 0.122. The fourth-order valence-electron chi connectivity index (χ4n) is 1.13. The molecule has 0 aromatic heterocycles. The molecule has 68 valence electrons. The van der Waals surface area contributed by atoms with Gasteiger partial charge in [-0.2, -0.15) is 0 Å². The molecule has 0 fully saturated rings. The number of aromatic hydroxyl groups is 1. The molecule has 0 spiro atoms. The van der Waals surface area contributed by atoms with E-state index >= 15 is 0 Å². The van der Waals surface area contributed by atoms with Gasteiger partial charge in [0.05, 0.1) is 10.9 Å². The molecule has 13 heavy (non-hydrogen) atoms. The van der Waals surface area contributed by atoms with Crippen molar-refractivity contribution >= 4 is 29.1 Å². The first kappa shape index (κ1) is 8.78. The van der Waals surface area contributed by atoms with E-state index in [1.807, 2.05) is 11.5 Å². The number of hydrogen-bond donors (Lipinski definition) is 2. The predicted octanol–water partition coefficient (Wildman–Crippen LogP) is 2.64. The number of phenols is 1. The highest BCUT2D eigenvalue weighted by molar-refractivity contribution is 8.02. The average Bonchev–Trinajstić information content (AvgIpc) is 2.62. The van der Waals surface area contributed by atoms with Crippen molar-refractivity contribution in [1.82, 2.24) is 5.32 Å². The van der Waals surface area contributed by atoms with Crippen molar-refractivity contribution in [2.75, 3.05) is 5.88 Å². The summed E-state index contributed by atoms with van der Waals surface area (Å²) in [5, 5.41) is 14.8. The summed E-state index contributed by atoms with van der Waals surface area (Å²) in [7, 11) is 0. The molecule has 1 aromatic carbocycles. The summed E-state index contributed by atoms with van der Waals surface area (Å²) in [4.78, 5) is 0. The third kappa shape index (κ3) is 1.76. The van der Waals surface area contributed by atoms with Crippen LogP contribution in [0.3, 0.4) is 0 Å². The van der Waals surface area contributed by atoms with E-state index in [1.165, 1.54) is 0 Å². The summed E-state index contributed by atoms with van der Waals surface area (Å²) >= 11 is 7.49. The molecule has 1 aliphatic rings. The Morgan fingerprint density at radius 1 is 1.46 bits per heavy atom. The Bertz CT molecular complexity index is 365. The molecule has 1 aromatic rings. The summed E-state index contributed by atoms with van der Waals surface area (Å²) in [5.41, 5.74) is 2.07. The lowest BCUT2D eigenvalue weighted by Gasteiger charge is -2.04. The van der Waals surface area contributed by atoms with Crippen LogP contribution in [-0.4, -0.2) is 11.0 Å². The lowest BCUT2D eigenvalue weighted by molar-refractivity contribution is 0.475. The molecule has 0 atom stereocenters. The number of thioether (sulfide) groups is 1. The number of hydrogen-bond acceptors (Lipinski definition) is 3. The number of halogens is 1. The maximum atomic E-state index is 9.21. The summed E-state index contributed by atoms with van der Waals surface area (Å²) in [5.74, 6) is 1.02. The van der Waals surface area contributed by atoms with Gasteiger partial charge in [-0.3, -0.25) is 0 Å². The Balaban J connectivity index is 2.36. The van der Waals surface area contributed by atoms with Crippen molar-refractivity contribution in [2.45, 2.75) is 0 Å². The van der Waals surface area contributed by atoms with Gasteiger partial charge in [-0.05, 0) is 29.2 Å². The molecule has 0 unspecified atom stereocenters. The average molecular weight is 214 g/mol. The highest BCUT2D eigenvalue weighted by atomic mass is 35.5. The van der Waals surface area contributed by atoms with Gasteiger partial charge in [0.25, 0.3) is 0 Å². The molecule has 0 saturated carbocycles. The Hall–Kier alpha value is -0.800. The molecule has 0 amide bonds. The Labute approximate surface area is 85.6 Å². The van der Waals surface area contributed by atoms with Gasteiger partial charge in [-0.15, -0.1) is 11.8 Å².